The zero-order valence-corrected chi connectivity index (χ0v) is 16.6. The predicted molar refractivity (Wildman–Crippen MR) is 108 cm³/mol. The van der Waals surface area contributed by atoms with Crippen LogP contribution in [-0.2, 0) is 13.0 Å². The first-order chi connectivity index (χ1) is 14.5. The van der Waals surface area contributed by atoms with Crippen LogP contribution in [0.4, 0.5) is 4.39 Å². The average molecular weight is 409 g/mol. The number of carbonyl (C=O) groups is 1. The largest absolute Gasteiger partial charge is 0.496 e. The molecule has 1 aromatic heterocycles. The molecule has 3 aromatic rings. The lowest BCUT2D eigenvalue weighted by Crippen LogP contribution is -2.39. The molecule has 0 aliphatic carbocycles. The summed E-state index contributed by atoms with van der Waals surface area (Å²) in [7, 11) is 2.98. The van der Waals surface area contributed by atoms with E-state index in [9.17, 15) is 14.0 Å². The number of halogens is 1. The van der Waals surface area contributed by atoms with Gasteiger partial charge in [0.15, 0.2) is 0 Å². The molecule has 1 amide bonds. The number of ether oxygens (including phenoxy) is 2. The van der Waals surface area contributed by atoms with E-state index in [4.69, 9.17) is 9.47 Å². The van der Waals surface area contributed by atoms with Crippen LogP contribution in [0.3, 0.4) is 0 Å². The fraction of sp³-hybridized carbons (Fsp3) is 0.227. The van der Waals surface area contributed by atoms with Gasteiger partial charge >= 0.3 is 0 Å². The summed E-state index contributed by atoms with van der Waals surface area (Å²) >= 11 is 0. The number of benzene rings is 2. The zero-order chi connectivity index (χ0) is 21.3. The van der Waals surface area contributed by atoms with E-state index >= 15 is 0 Å². The minimum absolute atomic E-state index is 0.126. The third kappa shape index (κ3) is 3.52. The first kappa shape index (κ1) is 19.6. The van der Waals surface area contributed by atoms with Crippen LogP contribution in [0.1, 0.15) is 21.6 Å². The molecule has 1 N–H and O–H groups in total. The summed E-state index contributed by atoms with van der Waals surface area (Å²) in [6.45, 7) is 0.522. The van der Waals surface area contributed by atoms with Crippen molar-refractivity contribution in [3.05, 3.63) is 75.5 Å². The fourth-order valence-corrected chi connectivity index (χ4v) is 3.56. The second kappa shape index (κ2) is 7.98. The van der Waals surface area contributed by atoms with E-state index in [1.54, 1.807) is 35.2 Å². The smallest absolute Gasteiger partial charge is 0.261 e. The number of rotatable bonds is 4. The third-order valence-corrected chi connectivity index (χ3v) is 5.12. The minimum Gasteiger partial charge on any atom is -0.496 e. The lowest BCUT2D eigenvalue weighted by atomic mass is 10.0. The molecule has 4 rings (SSSR count). The highest BCUT2D eigenvalue weighted by atomic mass is 19.1. The van der Waals surface area contributed by atoms with Gasteiger partial charge in [-0.05, 0) is 36.4 Å². The van der Waals surface area contributed by atoms with Gasteiger partial charge in [0.25, 0.3) is 11.5 Å². The van der Waals surface area contributed by atoms with Crippen molar-refractivity contribution in [2.45, 2.75) is 13.0 Å². The molecule has 2 heterocycles. The van der Waals surface area contributed by atoms with Gasteiger partial charge in [0.05, 0.1) is 32.0 Å². The Bertz CT molecular complexity index is 1140. The molecule has 2 aromatic carbocycles. The highest BCUT2D eigenvalue weighted by Gasteiger charge is 2.29. The molecule has 0 unspecified atom stereocenters. The molecule has 0 radical (unpaired) electrons. The van der Waals surface area contributed by atoms with Crippen molar-refractivity contribution in [1.29, 1.82) is 0 Å². The summed E-state index contributed by atoms with van der Waals surface area (Å²) in [5.41, 5.74) is 1.69. The molecule has 7 nitrogen and oxygen atoms in total. The van der Waals surface area contributed by atoms with Gasteiger partial charge in [-0.25, -0.2) is 9.37 Å². The molecule has 0 bridgehead atoms. The van der Waals surface area contributed by atoms with Gasteiger partial charge in [0, 0.05) is 18.5 Å². The van der Waals surface area contributed by atoms with Crippen LogP contribution in [-0.4, -0.2) is 41.5 Å². The number of carbonyl (C=O) groups excluding carboxylic acids is 1. The third-order valence-electron chi connectivity index (χ3n) is 5.12. The number of nitrogens with zero attached hydrogens (tertiary/aromatic N) is 2. The normalized spacial score (nSPS) is 13.0. The SMILES string of the molecule is COc1cccc(OC)c1C(=O)N1CCc2nc(-c3ccc(F)cc3)[nH]c(=O)c2C1. The Morgan fingerprint density at radius 3 is 2.40 bits per heavy atom. The molecular formula is C22H20FN3O4. The fourth-order valence-electron chi connectivity index (χ4n) is 3.56. The van der Waals surface area contributed by atoms with Crippen molar-refractivity contribution in [3.63, 3.8) is 0 Å². The van der Waals surface area contributed by atoms with Gasteiger partial charge in [0.2, 0.25) is 0 Å². The van der Waals surface area contributed by atoms with Crippen LogP contribution in [0.15, 0.2) is 47.3 Å². The van der Waals surface area contributed by atoms with Crippen molar-refractivity contribution in [3.8, 4) is 22.9 Å². The summed E-state index contributed by atoms with van der Waals surface area (Å²) < 4.78 is 23.8. The quantitative estimate of drug-likeness (QED) is 0.716. The number of aromatic amines is 1. The Morgan fingerprint density at radius 1 is 1.10 bits per heavy atom. The van der Waals surface area contributed by atoms with E-state index in [2.05, 4.69) is 9.97 Å². The molecule has 30 heavy (non-hydrogen) atoms. The van der Waals surface area contributed by atoms with Crippen molar-refractivity contribution in [1.82, 2.24) is 14.9 Å². The van der Waals surface area contributed by atoms with Gasteiger partial charge < -0.3 is 19.4 Å². The van der Waals surface area contributed by atoms with Crippen LogP contribution in [0.25, 0.3) is 11.4 Å². The van der Waals surface area contributed by atoms with E-state index in [0.29, 0.717) is 52.7 Å². The highest BCUT2D eigenvalue weighted by Crippen LogP contribution is 2.31. The van der Waals surface area contributed by atoms with Crippen molar-refractivity contribution < 1.29 is 18.7 Å². The minimum atomic E-state index is -0.361. The standard InChI is InChI=1S/C22H20FN3O4/c1-29-17-4-3-5-18(30-2)19(17)22(28)26-11-10-16-15(12-26)21(27)25-20(24-16)13-6-8-14(23)9-7-13/h3-9H,10-12H2,1-2H3,(H,24,25,27). The molecular weight excluding hydrogens is 389 g/mol. The van der Waals surface area contributed by atoms with Crippen molar-refractivity contribution in [2.24, 2.45) is 0 Å². The van der Waals surface area contributed by atoms with Crippen LogP contribution >= 0.6 is 0 Å². The molecule has 1 aliphatic heterocycles. The van der Waals surface area contributed by atoms with Crippen LogP contribution in [0.5, 0.6) is 11.5 Å². The summed E-state index contributed by atoms with van der Waals surface area (Å²) in [4.78, 5) is 34.8. The molecule has 0 saturated carbocycles. The second-order valence-electron chi connectivity index (χ2n) is 6.86. The molecule has 0 atom stereocenters. The number of fused-ring (bicyclic) bond motifs is 1. The summed E-state index contributed by atoms with van der Waals surface area (Å²) in [5.74, 6) is 0.551. The Morgan fingerprint density at radius 2 is 1.77 bits per heavy atom. The van der Waals surface area contributed by atoms with E-state index in [1.807, 2.05) is 0 Å². The first-order valence-electron chi connectivity index (χ1n) is 9.40. The number of amides is 1. The number of H-pyrrole nitrogens is 1. The van der Waals surface area contributed by atoms with Crippen molar-refractivity contribution in [2.75, 3.05) is 20.8 Å². The monoisotopic (exact) mass is 409 g/mol. The zero-order valence-electron chi connectivity index (χ0n) is 16.6. The van der Waals surface area contributed by atoms with Crippen LogP contribution in [0, 0.1) is 5.82 Å². The van der Waals surface area contributed by atoms with Gasteiger partial charge in [0.1, 0.15) is 28.7 Å². The highest BCUT2D eigenvalue weighted by molar-refractivity contribution is 5.99. The second-order valence-corrected chi connectivity index (χ2v) is 6.86. The molecule has 1 aliphatic rings. The lowest BCUT2D eigenvalue weighted by Gasteiger charge is -2.29. The predicted octanol–water partition coefficient (Wildman–Crippen LogP) is 2.79. The molecule has 8 heteroatoms. The van der Waals surface area contributed by atoms with Crippen LogP contribution < -0.4 is 15.0 Å². The van der Waals surface area contributed by atoms with E-state index < -0.39 is 0 Å². The van der Waals surface area contributed by atoms with E-state index in [1.165, 1.54) is 26.4 Å². The Hall–Kier alpha value is -3.68. The number of methoxy groups -OCH3 is 2. The van der Waals surface area contributed by atoms with E-state index in [-0.39, 0.29) is 23.8 Å². The topological polar surface area (TPSA) is 84.5 Å². The van der Waals surface area contributed by atoms with Gasteiger partial charge in [-0.1, -0.05) is 6.07 Å². The van der Waals surface area contributed by atoms with Crippen molar-refractivity contribution >= 4 is 5.91 Å². The first-order valence-corrected chi connectivity index (χ1v) is 9.40. The maximum Gasteiger partial charge on any atom is 0.261 e. The van der Waals surface area contributed by atoms with Gasteiger partial charge in [-0.15, -0.1) is 0 Å². The van der Waals surface area contributed by atoms with Crippen LogP contribution in [0.2, 0.25) is 0 Å². The number of hydrogen-bond donors (Lipinski definition) is 1. The van der Waals surface area contributed by atoms with E-state index in [0.717, 1.165) is 0 Å². The lowest BCUT2D eigenvalue weighted by molar-refractivity contribution is 0.0725. The molecule has 0 fully saturated rings. The molecule has 154 valence electrons. The molecule has 0 spiro atoms. The Kier molecular flexibility index (Phi) is 5.22. The average Bonchev–Trinajstić information content (AvgIpc) is 2.78. The Labute approximate surface area is 172 Å². The Balaban J connectivity index is 1.66. The molecule has 0 saturated heterocycles. The maximum atomic E-state index is 13.2. The summed E-state index contributed by atoms with van der Waals surface area (Å²) in [6.07, 6.45) is 0.427. The maximum absolute atomic E-state index is 13.2. The van der Waals surface area contributed by atoms with Gasteiger partial charge in [-0.3, -0.25) is 9.59 Å². The number of aromatic nitrogens is 2. The van der Waals surface area contributed by atoms with Gasteiger partial charge in [-0.2, -0.15) is 0 Å². The summed E-state index contributed by atoms with van der Waals surface area (Å²) in [5, 5.41) is 0. The number of hydrogen-bond acceptors (Lipinski definition) is 5. The summed E-state index contributed by atoms with van der Waals surface area (Å²) in [6, 6.07) is 10.9. The number of nitrogens with one attached hydrogen (secondary N) is 1.